The van der Waals surface area contributed by atoms with Crippen LogP contribution in [0.5, 0.6) is 5.75 Å². The summed E-state index contributed by atoms with van der Waals surface area (Å²) in [7, 11) is 1.78. The molecular formula is C29H32N2O5. The number of aliphatic hydroxyl groups is 1. The van der Waals surface area contributed by atoms with Crippen LogP contribution in [0.2, 0.25) is 0 Å². The predicted molar refractivity (Wildman–Crippen MR) is 144 cm³/mol. The maximum absolute atomic E-state index is 12.0. The van der Waals surface area contributed by atoms with Crippen LogP contribution < -0.4 is 10.6 Å². The van der Waals surface area contributed by atoms with Crippen LogP contribution in [0.4, 0.5) is 5.69 Å². The number of carbonyl (C=O) groups is 3. The molecule has 1 amide bonds. The van der Waals surface area contributed by atoms with E-state index in [0.717, 1.165) is 5.69 Å². The van der Waals surface area contributed by atoms with Gasteiger partial charge in [0.25, 0.3) is 5.91 Å². The van der Waals surface area contributed by atoms with Crippen molar-refractivity contribution < 1.29 is 24.6 Å². The zero-order chi connectivity index (χ0) is 26.9. The van der Waals surface area contributed by atoms with E-state index in [2.05, 4.69) is 60.0 Å². The molecule has 36 heavy (non-hydrogen) atoms. The molecule has 0 fully saturated rings. The molecule has 0 spiro atoms. The molecule has 0 aliphatic rings. The van der Waals surface area contributed by atoms with Crippen molar-refractivity contribution in [1.82, 2.24) is 5.32 Å². The van der Waals surface area contributed by atoms with Gasteiger partial charge in [-0.2, -0.15) is 0 Å². The SMILES string of the molecule is C=O.C=O.CNc1cccc(C(=O)NCC(O)c2cccc(O)c2)c1.Cc1ccc2ccccc2c1. The molecular weight excluding hydrogens is 456 g/mol. The summed E-state index contributed by atoms with van der Waals surface area (Å²) in [6.07, 6.45) is -0.867. The zero-order valence-electron chi connectivity index (χ0n) is 20.5. The lowest BCUT2D eigenvalue weighted by molar-refractivity contribution is -0.0987. The maximum atomic E-state index is 12.0. The number of hydrogen-bond acceptors (Lipinski definition) is 6. The Morgan fingerprint density at radius 2 is 1.50 bits per heavy atom. The predicted octanol–water partition coefficient (Wildman–Crippen LogP) is 4.68. The van der Waals surface area contributed by atoms with Gasteiger partial charge in [0, 0.05) is 24.8 Å². The molecule has 7 heteroatoms. The van der Waals surface area contributed by atoms with Crippen LogP contribution in [-0.4, -0.2) is 43.3 Å². The zero-order valence-corrected chi connectivity index (χ0v) is 20.5. The van der Waals surface area contributed by atoms with Gasteiger partial charge in [-0.25, -0.2) is 0 Å². The van der Waals surface area contributed by atoms with Crippen LogP contribution in [0.15, 0.2) is 91.0 Å². The molecule has 0 saturated carbocycles. The summed E-state index contributed by atoms with van der Waals surface area (Å²) in [5.41, 5.74) is 3.24. The van der Waals surface area contributed by atoms with E-state index in [4.69, 9.17) is 9.59 Å². The summed E-state index contributed by atoms with van der Waals surface area (Å²) >= 11 is 0. The molecule has 7 nitrogen and oxygen atoms in total. The second kappa shape index (κ2) is 16.2. The molecule has 4 rings (SSSR count). The van der Waals surface area contributed by atoms with E-state index in [1.807, 2.05) is 19.6 Å². The Morgan fingerprint density at radius 1 is 0.833 bits per heavy atom. The Balaban J connectivity index is 0.000000361. The third-order valence-electron chi connectivity index (χ3n) is 5.03. The molecule has 4 aromatic carbocycles. The van der Waals surface area contributed by atoms with E-state index in [1.165, 1.54) is 28.5 Å². The molecule has 1 unspecified atom stereocenters. The number of nitrogens with one attached hydrogen (secondary N) is 2. The topological polar surface area (TPSA) is 116 Å². The van der Waals surface area contributed by atoms with Crippen LogP contribution in [0, 0.1) is 6.92 Å². The first-order valence-corrected chi connectivity index (χ1v) is 11.0. The molecule has 0 heterocycles. The first-order valence-electron chi connectivity index (χ1n) is 11.0. The lowest BCUT2D eigenvalue weighted by Gasteiger charge is -2.13. The van der Waals surface area contributed by atoms with E-state index < -0.39 is 6.10 Å². The van der Waals surface area contributed by atoms with E-state index in [0.29, 0.717) is 11.1 Å². The third kappa shape index (κ3) is 9.40. The summed E-state index contributed by atoms with van der Waals surface area (Å²) in [6, 6.07) is 28.3. The smallest absolute Gasteiger partial charge is 0.251 e. The number of aryl methyl sites for hydroxylation is 1. The van der Waals surface area contributed by atoms with Crippen LogP contribution in [-0.2, 0) is 9.59 Å². The highest BCUT2D eigenvalue weighted by Crippen LogP contribution is 2.18. The number of aromatic hydroxyl groups is 1. The van der Waals surface area contributed by atoms with Crippen molar-refractivity contribution >= 4 is 35.9 Å². The number of benzene rings is 4. The van der Waals surface area contributed by atoms with Crippen LogP contribution in [0.1, 0.15) is 27.6 Å². The molecule has 4 aromatic rings. The lowest BCUT2D eigenvalue weighted by Crippen LogP contribution is -2.28. The van der Waals surface area contributed by atoms with Crippen molar-refractivity contribution in [2.75, 3.05) is 18.9 Å². The van der Waals surface area contributed by atoms with E-state index in [1.54, 1.807) is 37.4 Å². The van der Waals surface area contributed by atoms with Crippen molar-refractivity contribution in [3.05, 3.63) is 108 Å². The minimum Gasteiger partial charge on any atom is -0.508 e. The molecule has 0 bridgehead atoms. The Morgan fingerprint density at radius 3 is 2.17 bits per heavy atom. The molecule has 0 aromatic heterocycles. The number of anilines is 1. The van der Waals surface area contributed by atoms with Gasteiger partial charge < -0.3 is 30.4 Å². The van der Waals surface area contributed by atoms with Crippen molar-refractivity contribution in [3.63, 3.8) is 0 Å². The highest BCUT2D eigenvalue weighted by atomic mass is 16.3. The van der Waals surface area contributed by atoms with Crippen molar-refractivity contribution in [1.29, 1.82) is 0 Å². The molecule has 0 aliphatic heterocycles. The summed E-state index contributed by atoms with van der Waals surface area (Å²) in [6.45, 7) is 6.19. The minimum atomic E-state index is -0.867. The molecule has 1 atom stereocenters. The Kier molecular flexibility index (Phi) is 13.3. The van der Waals surface area contributed by atoms with Crippen molar-refractivity contribution in [2.24, 2.45) is 0 Å². The number of phenolic OH excluding ortho intramolecular Hbond substituents is 1. The van der Waals surface area contributed by atoms with Gasteiger partial charge in [0.05, 0.1) is 6.10 Å². The molecule has 4 N–H and O–H groups in total. The van der Waals surface area contributed by atoms with Gasteiger partial charge in [-0.3, -0.25) is 4.79 Å². The minimum absolute atomic E-state index is 0.0755. The summed E-state index contributed by atoms with van der Waals surface area (Å²) in [5, 5.41) is 27.6. The number of rotatable bonds is 5. The molecule has 188 valence electrons. The van der Waals surface area contributed by atoms with Gasteiger partial charge in [0.1, 0.15) is 19.3 Å². The average Bonchev–Trinajstić information content (AvgIpc) is 2.94. The van der Waals surface area contributed by atoms with Gasteiger partial charge >= 0.3 is 0 Å². The fourth-order valence-corrected chi connectivity index (χ4v) is 3.27. The van der Waals surface area contributed by atoms with Gasteiger partial charge in [-0.1, -0.05) is 66.2 Å². The second-order valence-electron chi connectivity index (χ2n) is 7.50. The van der Waals surface area contributed by atoms with Gasteiger partial charge in [0.2, 0.25) is 0 Å². The lowest BCUT2D eigenvalue weighted by atomic mass is 10.1. The summed E-state index contributed by atoms with van der Waals surface area (Å²) < 4.78 is 0. The van der Waals surface area contributed by atoms with Crippen molar-refractivity contribution in [3.8, 4) is 5.75 Å². The fraction of sp³-hybridized carbons (Fsp3) is 0.138. The van der Waals surface area contributed by atoms with Gasteiger partial charge in [0.15, 0.2) is 0 Å². The van der Waals surface area contributed by atoms with Crippen molar-refractivity contribution in [2.45, 2.75) is 13.0 Å². The van der Waals surface area contributed by atoms with E-state index >= 15 is 0 Å². The number of phenols is 1. The Labute approximate surface area is 211 Å². The van der Waals surface area contributed by atoms with E-state index in [-0.39, 0.29) is 18.2 Å². The standard InChI is InChI=1S/C16H18N2O3.C11H10.2CH2O/c1-17-13-6-2-5-12(8-13)16(21)18-10-15(20)11-4-3-7-14(19)9-11;1-9-6-7-10-4-2-3-5-11(10)8-9;2*1-2/h2-9,15,17,19-20H,10H2,1H3,(H,18,21);2-8H,1H3;2*1H2. The van der Waals surface area contributed by atoms with Crippen LogP contribution in [0.3, 0.4) is 0 Å². The second-order valence-corrected chi connectivity index (χ2v) is 7.50. The number of carbonyl (C=O) groups excluding carboxylic acids is 3. The highest BCUT2D eigenvalue weighted by molar-refractivity contribution is 5.95. The monoisotopic (exact) mass is 488 g/mol. The average molecular weight is 489 g/mol. The normalized spacial score (nSPS) is 10.2. The van der Waals surface area contributed by atoms with Crippen LogP contribution >= 0.6 is 0 Å². The number of aliphatic hydroxyl groups excluding tert-OH is 1. The Hall–Kier alpha value is -4.49. The maximum Gasteiger partial charge on any atom is 0.251 e. The van der Waals surface area contributed by atoms with Gasteiger partial charge in [-0.15, -0.1) is 0 Å². The molecule has 0 radical (unpaired) electrons. The molecule has 0 saturated heterocycles. The van der Waals surface area contributed by atoms with Crippen LogP contribution in [0.25, 0.3) is 10.8 Å². The number of hydrogen-bond donors (Lipinski definition) is 4. The number of fused-ring (bicyclic) bond motifs is 1. The Bertz CT molecular complexity index is 1230. The first-order chi connectivity index (χ1) is 17.5. The first kappa shape index (κ1) is 29.5. The third-order valence-corrected chi connectivity index (χ3v) is 5.03. The highest BCUT2D eigenvalue weighted by Gasteiger charge is 2.11. The quantitative estimate of drug-likeness (QED) is 0.324. The summed E-state index contributed by atoms with van der Waals surface area (Å²) in [4.78, 5) is 28.0. The summed E-state index contributed by atoms with van der Waals surface area (Å²) in [5.74, 6) is -0.175. The number of amides is 1. The fourth-order valence-electron chi connectivity index (χ4n) is 3.27. The van der Waals surface area contributed by atoms with Gasteiger partial charge in [-0.05, 0) is 53.6 Å². The largest absolute Gasteiger partial charge is 0.508 e. The van der Waals surface area contributed by atoms with E-state index in [9.17, 15) is 15.0 Å². The molecule has 0 aliphatic carbocycles.